The highest BCUT2D eigenvalue weighted by Crippen LogP contribution is 2.37. The standard InChI is InChI=1S/C24H28N4O4/c1-2-25-21-8-7-19(15-20(21)16-26-32)17-3-5-18(6-4-17)22(29)27-11-13-28(14-12-27)23(30)24(31)9-10-24/h3-8,15,25,31H,2,9-14,16H2,1H3. The summed E-state index contributed by atoms with van der Waals surface area (Å²) in [6.45, 7) is 4.64. The average molecular weight is 437 g/mol. The molecule has 1 aliphatic heterocycles. The van der Waals surface area contributed by atoms with Crippen LogP contribution in [-0.2, 0) is 11.3 Å². The Bertz CT molecular complexity index is 1010. The van der Waals surface area contributed by atoms with Crippen LogP contribution in [0.25, 0.3) is 11.1 Å². The number of benzene rings is 2. The fourth-order valence-electron chi connectivity index (χ4n) is 4.06. The molecule has 0 radical (unpaired) electrons. The number of anilines is 1. The first-order valence-electron chi connectivity index (χ1n) is 11.0. The third kappa shape index (κ3) is 4.50. The monoisotopic (exact) mass is 436 g/mol. The van der Waals surface area contributed by atoms with E-state index in [4.69, 9.17) is 0 Å². The van der Waals surface area contributed by atoms with Gasteiger partial charge in [-0.05, 0) is 55.2 Å². The molecule has 2 aromatic rings. The van der Waals surface area contributed by atoms with Gasteiger partial charge in [0.05, 0.1) is 0 Å². The first-order valence-corrected chi connectivity index (χ1v) is 11.0. The normalized spacial score (nSPS) is 17.1. The molecule has 2 fully saturated rings. The molecule has 0 spiro atoms. The molecule has 4 rings (SSSR count). The molecule has 2 N–H and O–H groups in total. The maximum atomic E-state index is 12.9. The highest BCUT2D eigenvalue weighted by Gasteiger charge is 2.50. The van der Waals surface area contributed by atoms with E-state index in [0.29, 0.717) is 44.6 Å². The molecule has 8 nitrogen and oxygen atoms in total. The molecule has 2 amide bonds. The van der Waals surface area contributed by atoms with E-state index in [-0.39, 0.29) is 18.4 Å². The van der Waals surface area contributed by atoms with Crippen molar-refractivity contribution in [3.05, 3.63) is 58.5 Å². The van der Waals surface area contributed by atoms with E-state index in [9.17, 15) is 19.6 Å². The molecule has 8 heteroatoms. The summed E-state index contributed by atoms with van der Waals surface area (Å²) in [5, 5.41) is 16.3. The van der Waals surface area contributed by atoms with Gasteiger partial charge in [-0.3, -0.25) is 9.59 Å². The number of piperazine rings is 1. The summed E-state index contributed by atoms with van der Waals surface area (Å²) >= 11 is 0. The van der Waals surface area contributed by atoms with Crippen LogP contribution in [0.4, 0.5) is 5.69 Å². The van der Waals surface area contributed by atoms with Gasteiger partial charge >= 0.3 is 0 Å². The van der Waals surface area contributed by atoms with Gasteiger partial charge < -0.3 is 20.2 Å². The molecule has 32 heavy (non-hydrogen) atoms. The lowest BCUT2D eigenvalue weighted by molar-refractivity contribution is -0.143. The zero-order valence-corrected chi connectivity index (χ0v) is 18.2. The maximum absolute atomic E-state index is 12.9. The van der Waals surface area contributed by atoms with Crippen LogP contribution in [0.15, 0.2) is 47.6 Å². The van der Waals surface area contributed by atoms with Gasteiger partial charge in [0.2, 0.25) is 0 Å². The van der Waals surface area contributed by atoms with E-state index in [0.717, 1.165) is 28.9 Å². The fourth-order valence-corrected chi connectivity index (χ4v) is 4.06. The summed E-state index contributed by atoms with van der Waals surface area (Å²) in [7, 11) is 0. The molecule has 0 atom stereocenters. The molecule has 0 unspecified atom stereocenters. The zero-order chi connectivity index (χ0) is 22.7. The lowest BCUT2D eigenvalue weighted by atomic mass is 10.00. The third-order valence-electron chi connectivity index (χ3n) is 6.15. The number of aliphatic hydroxyl groups is 1. The number of carbonyl (C=O) groups excluding carboxylic acids is 2. The van der Waals surface area contributed by atoms with Gasteiger partial charge in [-0.25, -0.2) is 0 Å². The molecule has 1 heterocycles. The number of nitrogens with zero attached hydrogens (tertiary/aromatic N) is 3. The van der Waals surface area contributed by atoms with E-state index in [1.807, 2.05) is 37.3 Å². The molecular formula is C24H28N4O4. The molecule has 0 aromatic heterocycles. The first kappa shape index (κ1) is 22.0. The van der Waals surface area contributed by atoms with Gasteiger partial charge in [0, 0.05) is 49.5 Å². The molecule has 168 valence electrons. The summed E-state index contributed by atoms with van der Waals surface area (Å²) in [5.74, 6) is -0.277. The van der Waals surface area contributed by atoms with Crippen LogP contribution in [0.3, 0.4) is 0 Å². The Labute approximate surface area is 187 Å². The van der Waals surface area contributed by atoms with Crippen LogP contribution in [0.1, 0.15) is 35.7 Å². The Hall–Kier alpha value is -3.26. The molecule has 1 aliphatic carbocycles. The van der Waals surface area contributed by atoms with E-state index in [1.165, 1.54) is 0 Å². The summed E-state index contributed by atoms with van der Waals surface area (Å²) in [5.41, 5.74) is 3.07. The number of nitroso groups, excluding NO2 is 1. The summed E-state index contributed by atoms with van der Waals surface area (Å²) in [4.78, 5) is 39.4. The van der Waals surface area contributed by atoms with Crippen LogP contribution >= 0.6 is 0 Å². The first-order chi connectivity index (χ1) is 15.4. The van der Waals surface area contributed by atoms with Crippen molar-refractivity contribution >= 4 is 17.5 Å². The molecule has 2 aromatic carbocycles. The number of hydrogen-bond acceptors (Lipinski definition) is 6. The third-order valence-corrected chi connectivity index (χ3v) is 6.15. The van der Waals surface area contributed by atoms with Gasteiger partial charge in [0.25, 0.3) is 11.8 Å². The van der Waals surface area contributed by atoms with Crippen molar-refractivity contribution in [1.29, 1.82) is 0 Å². The summed E-state index contributed by atoms with van der Waals surface area (Å²) in [6.07, 6.45) is 1.06. The second kappa shape index (κ2) is 9.08. The van der Waals surface area contributed by atoms with E-state index >= 15 is 0 Å². The predicted octanol–water partition coefficient (Wildman–Crippen LogP) is 2.86. The Morgan fingerprint density at radius 2 is 1.62 bits per heavy atom. The van der Waals surface area contributed by atoms with Crippen molar-refractivity contribution in [1.82, 2.24) is 9.80 Å². The Balaban J connectivity index is 1.41. The van der Waals surface area contributed by atoms with Crippen LogP contribution in [0.2, 0.25) is 0 Å². The molecule has 0 bridgehead atoms. The van der Waals surface area contributed by atoms with Crippen molar-refractivity contribution in [3.8, 4) is 11.1 Å². The highest BCUT2D eigenvalue weighted by atomic mass is 16.3. The largest absolute Gasteiger partial charge is 0.385 e. The molecule has 1 saturated carbocycles. The van der Waals surface area contributed by atoms with Crippen molar-refractivity contribution in [2.75, 3.05) is 38.0 Å². The van der Waals surface area contributed by atoms with Crippen molar-refractivity contribution in [2.24, 2.45) is 5.18 Å². The van der Waals surface area contributed by atoms with E-state index in [1.54, 1.807) is 21.9 Å². The second-order valence-corrected chi connectivity index (χ2v) is 8.38. The quantitative estimate of drug-likeness (QED) is 0.650. The number of carbonyl (C=O) groups is 2. The minimum atomic E-state index is -1.16. The van der Waals surface area contributed by atoms with E-state index < -0.39 is 5.60 Å². The topological polar surface area (TPSA) is 102 Å². The minimum Gasteiger partial charge on any atom is -0.385 e. The maximum Gasteiger partial charge on any atom is 0.254 e. The van der Waals surface area contributed by atoms with Crippen LogP contribution < -0.4 is 5.32 Å². The highest BCUT2D eigenvalue weighted by molar-refractivity contribution is 5.95. The molecule has 2 aliphatic rings. The number of rotatable bonds is 7. The van der Waals surface area contributed by atoms with Crippen LogP contribution in [0, 0.1) is 4.91 Å². The van der Waals surface area contributed by atoms with E-state index in [2.05, 4.69) is 10.5 Å². The molecule has 1 saturated heterocycles. The van der Waals surface area contributed by atoms with Gasteiger partial charge in [-0.2, -0.15) is 4.91 Å². The predicted molar refractivity (Wildman–Crippen MR) is 122 cm³/mol. The lowest BCUT2D eigenvalue weighted by Crippen LogP contribution is -2.53. The van der Waals surface area contributed by atoms with Crippen LogP contribution in [-0.4, -0.2) is 65.0 Å². The SMILES string of the molecule is CCNc1ccc(-c2ccc(C(=O)N3CCN(C(=O)C4(O)CC4)CC3)cc2)cc1CN=O. The van der Waals surface area contributed by atoms with Crippen molar-refractivity contribution in [2.45, 2.75) is 31.9 Å². The molecular weight excluding hydrogens is 408 g/mol. The average Bonchev–Trinajstić information content (AvgIpc) is 3.58. The Morgan fingerprint density at radius 3 is 2.22 bits per heavy atom. The number of hydrogen-bond donors (Lipinski definition) is 2. The van der Waals surface area contributed by atoms with Crippen molar-refractivity contribution in [3.63, 3.8) is 0 Å². The van der Waals surface area contributed by atoms with Gasteiger partial charge in [0.15, 0.2) is 0 Å². The minimum absolute atomic E-state index is 0.0675. The Kier molecular flexibility index (Phi) is 6.23. The van der Waals surface area contributed by atoms with Crippen LogP contribution in [0.5, 0.6) is 0 Å². The smallest absolute Gasteiger partial charge is 0.254 e. The van der Waals surface area contributed by atoms with Gasteiger partial charge in [-0.15, -0.1) is 0 Å². The second-order valence-electron chi connectivity index (χ2n) is 8.38. The fraction of sp³-hybridized carbons (Fsp3) is 0.417. The summed E-state index contributed by atoms with van der Waals surface area (Å²) in [6, 6.07) is 13.3. The van der Waals surface area contributed by atoms with Gasteiger partial charge in [0.1, 0.15) is 12.1 Å². The lowest BCUT2D eigenvalue weighted by Gasteiger charge is -2.35. The summed E-state index contributed by atoms with van der Waals surface area (Å²) < 4.78 is 0. The van der Waals surface area contributed by atoms with Crippen molar-refractivity contribution < 1.29 is 14.7 Å². The Morgan fingerprint density at radius 1 is 1.00 bits per heavy atom. The number of amides is 2. The zero-order valence-electron chi connectivity index (χ0n) is 18.2. The van der Waals surface area contributed by atoms with Gasteiger partial charge in [-0.1, -0.05) is 23.4 Å². The number of nitrogens with one attached hydrogen (secondary N) is 1.